The number of hydrogen-bond acceptors (Lipinski definition) is 10. The van der Waals surface area contributed by atoms with Gasteiger partial charge in [-0.3, -0.25) is 4.79 Å². The van der Waals surface area contributed by atoms with Gasteiger partial charge in [0.25, 0.3) is 0 Å². The molecule has 2 unspecified atom stereocenters. The molecule has 0 radical (unpaired) electrons. The van der Waals surface area contributed by atoms with E-state index in [1.165, 1.54) is 7.11 Å². The molecule has 3 rings (SSSR count). The first-order chi connectivity index (χ1) is 22.6. The summed E-state index contributed by atoms with van der Waals surface area (Å²) in [5.41, 5.74) is -3.21. The lowest BCUT2D eigenvalue weighted by molar-refractivity contribution is -0.224. The quantitative estimate of drug-likeness (QED) is 0.150. The number of benzene rings is 1. The minimum Gasteiger partial charge on any atom is -0.497 e. The molecule has 2 saturated carbocycles. The van der Waals surface area contributed by atoms with Crippen molar-refractivity contribution in [3.8, 4) is 5.75 Å². The number of carbonyl (C=O) groups is 1. The van der Waals surface area contributed by atoms with E-state index in [4.69, 9.17) is 28.1 Å². The van der Waals surface area contributed by atoms with Crippen molar-refractivity contribution >= 4 is 14.1 Å². The summed E-state index contributed by atoms with van der Waals surface area (Å²) in [6, 6.07) is 7.37. The molecule has 2 aliphatic carbocycles. The van der Waals surface area contributed by atoms with E-state index in [0.717, 1.165) is 5.56 Å². The van der Waals surface area contributed by atoms with E-state index in [2.05, 4.69) is 33.9 Å². The zero-order valence-electron chi connectivity index (χ0n) is 32.4. The Balaban J connectivity index is 2.25. The first kappa shape index (κ1) is 42.0. The van der Waals surface area contributed by atoms with Crippen molar-refractivity contribution in [2.75, 3.05) is 27.6 Å². The first-order valence-corrected chi connectivity index (χ1v) is 20.8. The molecule has 9 atom stereocenters. The predicted octanol–water partition coefficient (Wildman–Crippen LogP) is 5.89. The molecule has 282 valence electrons. The normalized spacial score (nSPS) is 30.3. The number of aliphatic hydroxyl groups is 3. The van der Waals surface area contributed by atoms with E-state index < -0.39 is 61.2 Å². The number of ether oxygens (including phenoxy) is 5. The molecule has 0 aromatic heterocycles. The van der Waals surface area contributed by atoms with Crippen LogP contribution < -0.4 is 4.74 Å². The minimum absolute atomic E-state index is 0.0844. The van der Waals surface area contributed by atoms with Crippen LogP contribution in [0, 0.1) is 23.2 Å². The molecule has 0 amide bonds. The predicted molar refractivity (Wildman–Crippen MR) is 192 cm³/mol. The van der Waals surface area contributed by atoms with E-state index in [1.54, 1.807) is 21.0 Å². The summed E-state index contributed by atoms with van der Waals surface area (Å²) in [4.78, 5) is 14.8. The van der Waals surface area contributed by atoms with Crippen molar-refractivity contribution in [3.63, 3.8) is 0 Å². The third-order valence-corrected chi connectivity index (χ3v) is 16.5. The average Bonchev–Trinajstić information content (AvgIpc) is 3.26. The van der Waals surface area contributed by atoms with Crippen molar-refractivity contribution < 1.29 is 48.2 Å². The van der Waals surface area contributed by atoms with Gasteiger partial charge in [-0.1, -0.05) is 53.7 Å². The zero-order chi connectivity index (χ0) is 37.2. The first-order valence-electron chi connectivity index (χ1n) is 17.9. The van der Waals surface area contributed by atoms with E-state index in [-0.39, 0.29) is 49.3 Å². The molecular formula is C38H66O10Si. The summed E-state index contributed by atoms with van der Waals surface area (Å²) in [5, 5.41) is 37.2. The molecule has 49 heavy (non-hydrogen) atoms. The highest BCUT2D eigenvalue weighted by Crippen LogP contribution is 2.58. The number of methoxy groups -OCH3 is 2. The number of rotatable bonds is 15. The number of ketones is 1. The van der Waals surface area contributed by atoms with Crippen LogP contribution >= 0.6 is 0 Å². The summed E-state index contributed by atoms with van der Waals surface area (Å²) in [6.45, 7) is 21.7. The Kier molecular flexibility index (Phi) is 13.8. The molecule has 2 aliphatic rings. The molecule has 11 heteroatoms. The monoisotopic (exact) mass is 710 g/mol. The third-order valence-electron chi connectivity index (χ3n) is 12.0. The highest BCUT2D eigenvalue weighted by Gasteiger charge is 2.65. The van der Waals surface area contributed by atoms with Gasteiger partial charge in [0.05, 0.1) is 44.2 Å². The van der Waals surface area contributed by atoms with Crippen LogP contribution in [0.15, 0.2) is 24.3 Å². The summed E-state index contributed by atoms with van der Waals surface area (Å²) < 4.78 is 36.5. The van der Waals surface area contributed by atoms with Crippen LogP contribution in [0.2, 0.25) is 18.1 Å². The van der Waals surface area contributed by atoms with Crippen LogP contribution in [0.25, 0.3) is 0 Å². The van der Waals surface area contributed by atoms with Crippen LogP contribution in [-0.4, -0.2) is 98.8 Å². The minimum atomic E-state index is -2.51. The second-order valence-corrected chi connectivity index (χ2v) is 21.6. The smallest absolute Gasteiger partial charge is 0.192 e. The van der Waals surface area contributed by atoms with E-state index in [1.807, 2.05) is 52.0 Å². The molecule has 0 heterocycles. The largest absolute Gasteiger partial charge is 0.497 e. The van der Waals surface area contributed by atoms with Gasteiger partial charge in [0.1, 0.15) is 30.4 Å². The lowest BCUT2D eigenvalue weighted by Crippen LogP contribution is -2.63. The fourth-order valence-corrected chi connectivity index (χ4v) is 9.09. The van der Waals surface area contributed by atoms with Crippen LogP contribution in [0.5, 0.6) is 5.75 Å². The van der Waals surface area contributed by atoms with Gasteiger partial charge in [-0.15, -0.1) is 0 Å². The third kappa shape index (κ3) is 8.80. The lowest BCUT2D eigenvalue weighted by atomic mass is 9.66. The summed E-state index contributed by atoms with van der Waals surface area (Å²) in [5.74, 6) is -1.48. The maximum absolute atomic E-state index is 14.8. The van der Waals surface area contributed by atoms with Gasteiger partial charge in [0, 0.05) is 30.3 Å². The van der Waals surface area contributed by atoms with Gasteiger partial charge in [0.2, 0.25) is 0 Å². The van der Waals surface area contributed by atoms with Gasteiger partial charge in [0.15, 0.2) is 14.1 Å². The second-order valence-electron chi connectivity index (χ2n) is 16.9. The van der Waals surface area contributed by atoms with Gasteiger partial charge in [-0.05, 0) is 75.9 Å². The molecule has 2 bridgehead atoms. The Labute approximate surface area is 296 Å². The Morgan fingerprint density at radius 1 is 1.04 bits per heavy atom. The number of fused-ring (bicyclic) bond motifs is 2. The molecule has 10 nitrogen and oxygen atoms in total. The highest BCUT2D eigenvalue weighted by atomic mass is 28.4. The van der Waals surface area contributed by atoms with Crippen LogP contribution in [0.4, 0.5) is 0 Å². The fourth-order valence-electron chi connectivity index (χ4n) is 7.73. The second kappa shape index (κ2) is 16.1. The maximum Gasteiger partial charge on any atom is 0.192 e. The number of aliphatic hydroxyl groups excluding tert-OH is 1. The average molecular weight is 711 g/mol. The topological polar surface area (TPSA) is 133 Å². The van der Waals surface area contributed by atoms with Crippen molar-refractivity contribution in [3.05, 3.63) is 29.8 Å². The van der Waals surface area contributed by atoms with Crippen molar-refractivity contribution in [2.45, 2.75) is 148 Å². The number of hydrogen-bond donors (Lipinski definition) is 3. The van der Waals surface area contributed by atoms with Crippen molar-refractivity contribution in [2.24, 2.45) is 23.2 Å². The zero-order valence-corrected chi connectivity index (χ0v) is 33.4. The number of carbonyl (C=O) groups excluding carboxylic acids is 1. The lowest BCUT2D eigenvalue weighted by Gasteiger charge is -2.51. The van der Waals surface area contributed by atoms with Crippen molar-refractivity contribution in [1.29, 1.82) is 0 Å². The highest BCUT2D eigenvalue weighted by molar-refractivity contribution is 6.74. The Morgan fingerprint density at radius 3 is 2.16 bits per heavy atom. The van der Waals surface area contributed by atoms with Crippen LogP contribution in [0.3, 0.4) is 0 Å². The SMILES string of the molecule is COCO[C@H]1C(=O)[C@@H](C)[C@@H]([C@](O)(COC(C)C)[C@H](OCc2ccc(OC)cc2)C(C)O)C[C@H](O[Si](C)(C)C(C)(C)C)[C@]2(O)CCC1C2(C)C. The summed E-state index contributed by atoms with van der Waals surface area (Å²) >= 11 is 0. The van der Waals surface area contributed by atoms with E-state index in [0.29, 0.717) is 18.6 Å². The Bertz CT molecular complexity index is 1210. The van der Waals surface area contributed by atoms with Gasteiger partial charge in [-0.25, -0.2) is 0 Å². The molecule has 1 aromatic rings. The van der Waals surface area contributed by atoms with Gasteiger partial charge in [-0.2, -0.15) is 0 Å². The van der Waals surface area contributed by atoms with Crippen LogP contribution in [0.1, 0.15) is 87.1 Å². The molecule has 0 saturated heterocycles. The molecule has 0 aliphatic heterocycles. The summed E-state index contributed by atoms with van der Waals surface area (Å²) in [7, 11) is 0.597. The standard InChI is InChI=1S/C38H66O10Si/c1-24(2)46-22-37(41,34(26(4)39)45-21-27-14-16-28(44-11)17-15-27)30-20-31(48-49(12,13)35(5,6)7)38(42)19-18-29(36(38,8)9)33(47-23-43-10)32(40)25(30)3/h14-17,24-26,29-31,33-34,39,41-42H,18-23H2,1-13H3/t25-,26?,29?,30-,31-,33+,34+,37+,38+/m0/s1. The fraction of sp³-hybridized carbons (Fsp3) is 0.816. The van der Waals surface area contributed by atoms with E-state index in [9.17, 15) is 20.1 Å². The molecular weight excluding hydrogens is 644 g/mol. The Hall–Kier alpha value is -1.41. The molecule has 2 fully saturated rings. The van der Waals surface area contributed by atoms with Crippen molar-refractivity contribution in [1.82, 2.24) is 0 Å². The van der Waals surface area contributed by atoms with Gasteiger partial charge >= 0.3 is 0 Å². The van der Waals surface area contributed by atoms with E-state index >= 15 is 0 Å². The molecule has 1 aromatic carbocycles. The molecule has 3 N–H and O–H groups in total. The molecule has 0 spiro atoms. The maximum atomic E-state index is 14.8. The van der Waals surface area contributed by atoms with Crippen LogP contribution in [-0.2, 0) is 34.8 Å². The Morgan fingerprint density at radius 2 is 1.65 bits per heavy atom. The van der Waals surface area contributed by atoms with Gasteiger partial charge < -0.3 is 43.4 Å². The summed E-state index contributed by atoms with van der Waals surface area (Å²) in [6.07, 6.45) is -3.10. The number of Topliss-reactive ketones (excluding diaryl/α,β-unsaturated/α-hetero) is 1.